The Morgan fingerprint density at radius 2 is 1.77 bits per heavy atom. The van der Waals surface area contributed by atoms with E-state index < -0.39 is 36.0 Å². The maximum absolute atomic E-state index is 12.7. The number of thiocarbonyl (C=S) groups is 1. The first-order valence-electron chi connectivity index (χ1n) is 10.7. The molecule has 2 N–H and O–H groups in total. The van der Waals surface area contributed by atoms with Crippen LogP contribution < -0.4 is 10.7 Å². The van der Waals surface area contributed by atoms with Crippen LogP contribution in [0.4, 0.5) is 4.79 Å². The molecule has 3 fully saturated rings. The van der Waals surface area contributed by atoms with Gasteiger partial charge in [0, 0.05) is 13.1 Å². The average molecular weight is 471 g/mol. The average Bonchev–Trinajstić information content (AvgIpc) is 2.97. The Morgan fingerprint density at radius 3 is 2.42 bits per heavy atom. The largest absolute Gasteiger partial charge is 0.455 e. The molecule has 3 rings (SSSR count). The third kappa shape index (κ3) is 5.88. The van der Waals surface area contributed by atoms with Gasteiger partial charge in [0.1, 0.15) is 9.86 Å². The predicted molar refractivity (Wildman–Crippen MR) is 120 cm³/mol. The highest BCUT2D eigenvalue weighted by Gasteiger charge is 2.52. The standard InChI is InChI=1S/C20H30N4O5S2/c1-13-3-7-20(8-4-13)17(27)24(18(28)21-20)22-15(25)11-29-16(26)12-31-19(30)23-9-5-14(2)6-10-23/h13-14H,3-12H2,1-2H3,(H,21,28)(H,22,25). The van der Waals surface area contributed by atoms with Gasteiger partial charge in [-0.3, -0.25) is 19.8 Å². The highest BCUT2D eigenvalue weighted by Crippen LogP contribution is 2.35. The van der Waals surface area contributed by atoms with E-state index in [0.717, 1.165) is 38.8 Å². The number of amides is 4. The van der Waals surface area contributed by atoms with Crippen LogP contribution in [-0.2, 0) is 19.1 Å². The number of carbonyl (C=O) groups is 4. The number of nitrogens with one attached hydrogen (secondary N) is 2. The van der Waals surface area contributed by atoms with E-state index in [4.69, 9.17) is 17.0 Å². The van der Waals surface area contributed by atoms with Crippen LogP contribution >= 0.6 is 24.0 Å². The van der Waals surface area contributed by atoms with Crippen molar-refractivity contribution in [2.45, 2.75) is 57.9 Å². The number of hydrogen-bond donors (Lipinski definition) is 2. The van der Waals surface area contributed by atoms with Crippen LogP contribution in [0.25, 0.3) is 0 Å². The van der Waals surface area contributed by atoms with Gasteiger partial charge in [0.25, 0.3) is 11.8 Å². The maximum atomic E-state index is 12.7. The van der Waals surface area contributed by atoms with Gasteiger partial charge < -0.3 is 15.0 Å². The van der Waals surface area contributed by atoms with E-state index >= 15 is 0 Å². The van der Waals surface area contributed by atoms with E-state index in [2.05, 4.69) is 29.5 Å². The number of esters is 1. The predicted octanol–water partition coefficient (Wildman–Crippen LogP) is 1.81. The highest BCUT2D eigenvalue weighted by molar-refractivity contribution is 8.23. The number of likely N-dealkylation sites (tertiary alicyclic amines) is 1. The zero-order valence-corrected chi connectivity index (χ0v) is 19.6. The molecule has 4 amide bonds. The van der Waals surface area contributed by atoms with Crippen molar-refractivity contribution in [1.82, 2.24) is 20.7 Å². The van der Waals surface area contributed by atoms with Crippen molar-refractivity contribution in [1.29, 1.82) is 0 Å². The van der Waals surface area contributed by atoms with Crippen molar-refractivity contribution >= 4 is 52.1 Å². The Balaban J connectivity index is 1.38. The quantitative estimate of drug-likeness (QED) is 0.356. The first kappa shape index (κ1) is 23.8. The Morgan fingerprint density at radius 1 is 1.16 bits per heavy atom. The number of piperidine rings is 1. The van der Waals surface area contributed by atoms with Crippen molar-refractivity contribution in [3.05, 3.63) is 0 Å². The molecule has 0 unspecified atom stereocenters. The van der Waals surface area contributed by atoms with Gasteiger partial charge in [0.05, 0.1) is 5.75 Å². The number of carbonyl (C=O) groups excluding carboxylic acids is 4. The summed E-state index contributed by atoms with van der Waals surface area (Å²) in [6.45, 7) is 5.52. The summed E-state index contributed by atoms with van der Waals surface area (Å²) in [6.07, 6.45) is 4.92. The van der Waals surface area contributed by atoms with Crippen LogP contribution in [0.3, 0.4) is 0 Å². The first-order chi connectivity index (χ1) is 14.7. The second-order valence-corrected chi connectivity index (χ2v) is 10.4. The molecule has 2 saturated heterocycles. The van der Waals surface area contributed by atoms with Gasteiger partial charge >= 0.3 is 12.0 Å². The van der Waals surface area contributed by atoms with Gasteiger partial charge in [-0.15, -0.1) is 0 Å². The molecular weight excluding hydrogens is 440 g/mol. The van der Waals surface area contributed by atoms with Crippen LogP contribution in [0, 0.1) is 11.8 Å². The Bertz CT molecular complexity index is 746. The minimum Gasteiger partial charge on any atom is -0.455 e. The molecule has 0 aromatic rings. The van der Waals surface area contributed by atoms with Gasteiger partial charge in [-0.2, -0.15) is 5.01 Å². The third-order valence-corrected chi connectivity index (χ3v) is 7.74. The zero-order valence-electron chi connectivity index (χ0n) is 18.0. The molecule has 2 heterocycles. The molecule has 0 radical (unpaired) electrons. The first-order valence-corrected chi connectivity index (χ1v) is 12.1. The van der Waals surface area contributed by atoms with Crippen LogP contribution in [-0.4, -0.2) is 69.0 Å². The van der Waals surface area contributed by atoms with E-state index in [1.807, 2.05) is 0 Å². The molecule has 0 bridgehead atoms. The Hall–Kier alpha value is -1.88. The number of hydrazine groups is 1. The molecule has 1 aliphatic carbocycles. The fourth-order valence-corrected chi connectivity index (χ4v) is 5.11. The molecule has 9 nitrogen and oxygen atoms in total. The smallest absolute Gasteiger partial charge is 0.344 e. The molecule has 31 heavy (non-hydrogen) atoms. The molecule has 2 aliphatic heterocycles. The third-order valence-electron chi connectivity index (χ3n) is 6.25. The van der Waals surface area contributed by atoms with Crippen LogP contribution in [0.2, 0.25) is 0 Å². The maximum Gasteiger partial charge on any atom is 0.344 e. The number of urea groups is 1. The second-order valence-electron chi connectivity index (χ2n) is 8.76. The number of rotatable bonds is 5. The highest BCUT2D eigenvalue weighted by atomic mass is 32.2. The monoisotopic (exact) mass is 470 g/mol. The van der Waals surface area contributed by atoms with Gasteiger partial charge in [0.2, 0.25) is 0 Å². The number of nitrogens with zero attached hydrogens (tertiary/aromatic N) is 2. The lowest BCUT2D eigenvalue weighted by atomic mass is 9.77. The summed E-state index contributed by atoms with van der Waals surface area (Å²) in [5, 5.41) is 3.42. The summed E-state index contributed by atoms with van der Waals surface area (Å²) < 4.78 is 5.62. The van der Waals surface area contributed by atoms with Gasteiger partial charge in [-0.1, -0.05) is 37.8 Å². The van der Waals surface area contributed by atoms with Gasteiger partial charge in [0.15, 0.2) is 6.61 Å². The Labute approximate surface area is 191 Å². The molecule has 1 saturated carbocycles. The molecule has 172 valence electrons. The lowest BCUT2D eigenvalue weighted by Crippen LogP contribution is -2.52. The van der Waals surface area contributed by atoms with E-state index in [1.165, 1.54) is 11.8 Å². The van der Waals surface area contributed by atoms with Crippen molar-refractivity contribution in [2.24, 2.45) is 11.8 Å². The molecule has 3 aliphatic rings. The number of thioether (sulfide) groups is 1. The van der Waals surface area contributed by atoms with E-state index in [0.29, 0.717) is 34.0 Å². The molecule has 11 heteroatoms. The van der Waals surface area contributed by atoms with E-state index in [9.17, 15) is 19.2 Å². The normalized spacial score (nSPS) is 26.7. The number of hydrogen-bond acceptors (Lipinski definition) is 7. The van der Waals surface area contributed by atoms with Crippen LogP contribution in [0.15, 0.2) is 0 Å². The zero-order chi connectivity index (χ0) is 22.6. The second kappa shape index (κ2) is 10.2. The van der Waals surface area contributed by atoms with E-state index in [-0.39, 0.29) is 5.75 Å². The SMILES string of the molecule is CC1CCN(C(=S)SCC(=O)OCC(=O)NN2C(=O)NC3(CCC(C)CC3)C2=O)CC1. The summed E-state index contributed by atoms with van der Waals surface area (Å²) in [4.78, 5) is 51.1. The van der Waals surface area contributed by atoms with Crippen molar-refractivity contribution in [2.75, 3.05) is 25.4 Å². The van der Waals surface area contributed by atoms with Crippen molar-refractivity contribution in [3.63, 3.8) is 0 Å². The number of ether oxygens (including phenoxy) is 1. The lowest BCUT2D eigenvalue weighted by Gasteiger charge is -2.33. The fraction of sp³-hybridized carbons (Fsp3) is 0.750. The van der Waals surface area contributed by atoms with Crippen molar-refractivity contribution in [3.8, 4) is 0 Å². The van der Waals surface area contributed by atoms with Crippen molar-refractivity contribution < 1.29 is 23.9 Å². The molecule has 1 spiro atoms. The Kier molecular flexibility index (Phi) is 7.79. The molecule has 0 atom stereocenters. The summed E-state index contributed by atoms with van der Waals surface area (Å²) in [6, 6.07) is -0.656. The minimum absolute atomic E-state index is 0.00257. The van der Waals surface area contributed by atoms with Gasteiger partial charge in [-0.05, 0) is 50.4 Å². The summed E-state index contributed by atoms with van der Waals surface area (Å²) in [5.74, 6) is -0.585. The van der Waals surface area contributed by atoms with Crippen LogP contribution in [0.1, 0.15) is 52.4 Å². The molecular formula is C20H30N4O5S2. The molecule has 0 aromatic heterocycles. The van der Waals surface area contributed by atoms with Gasteiger partial charge in [-0.25, -0.2) is 4.79 Å². The topological polar surface area (TPSA) is 108 Å². The summed E-state index contributed by atoms with van der Waals surface area (Å²) in [5.41, 5.74) is 1.31. The van der Waals surface area contributed by atoms with E-state index in [1.54, 1.807) is 0 Å². The minimum atomic E-state index is -0.938. The summed E-state index contributed by atoms with van der Waals surface area (Å²) >= 11 is 6.58. The summed E-state index contributed by atoms with van der Waals surface area (Å²) in [7, 11) is 0. The fourth-order valence-electron chi connectivity index (χ4n) is 4.06. The lowest BCUT2D eigenvalue weighted by molar-refractivity contribution is -0.148. The molecule has 0 aromatic carbocycles. The number of imide groups is 1. The van der Waals surface area contributed by atoms with Crippen LogP contribution in [0.5, 0.6) is 0 Å².